The molecule has 2 aromatic carbocycles. The molecule has 176 valence electrons. The molecule has 4 rings (SSSR count). The normalized spacial score (nSPS) is 11.7. The number of hydrogen-bond donors (Lipinski definition) is 2. The first kappa shape index (κ1) is 23.6. The van der Waals surface area contributed by atoms with Crippen molar-refractivity contribution in [1.29, 1.82) is 0 Å². The SMILES string of the molecule is O=C(O)CCn1cc(Cc2cccnc2)c2cc(CCNS(=O)(=O)c3ccc(F)cc3)ccc21. The van der Waals surface area contributed by atoms with Gasteiger partial charge in [-0.3, -0.25) is 9.78 Å². The van der Waals surface area contributed by atoms with Crippen LogP contribution in [0.15, 0.2) is 78.1 Å². The van der Waals surface area contributed by atoms with Crippen LogP contribution in [0.5, 0.6) is 0 Å². The second kappa shape index (κ2) is 10.1. The molecule has 34 heavy (non-hydrogen) atoms. The van der Waals surface area contributed by atoms with Crippen LogP contribution in [0.25, 0.3) is 10.9 Å². The molecular weight excluding hydrogens is 457 g/mol. The van der Waals surface area contributed by atoms with E-state index >= 15 is 0 Å². The predicted octanol–water partition coefficient (Wildman–Crippen LogP) is 3.76. The van der Waals surface area contributed by atoms with Crippen molar-refractivity contribution in [2.24, 2.45) is 0 Å². The number of halogens is 1. The van der Waals surface area contributed by atoms with E-state index in [2.05, 4.69) is 9.71 Å². The van der Waals surface area contributed by atoms with E-state index in [0.717, 1.165) is 39.7 Å². The zero-order chi connectivity index (χ0) is 24.1. The van der Waals surface area contributed by atoms with E-state index in [1.807, 2.05) is 41.1 Å². The van der Waals surface area contributed by atoms with Crippen LogP contribution in [0.3, 0.4) is 0 Å². The molecule has 0 aliphatic carbocycles. The minimum Gasteiger partial charge on any atom is -0.481 e. The Labute approximate surface area is 196 Å². The highest BCUT2D eigenvalue weighted by Crippen LogP contribution is 2.26. The molecule has 2 N–H and O–H groups in total. The number of rotatable bonds is 10. The van der Waals surface area contributed by atoms with Gasteiger partial charge in [0.1, 0.15) is 5.82 Å². The van der Waals surface area contributed by atoms with Gasteiger partial charge >= 0.3 is 5.97 Å². The van der Waals surface area contributed by atoms with Crippen LogP contribution in [0.4, 0.5) is 4.39 Å². The smallest absolute Gasteiger partial charge is 0.305 e. The molecule has 0 aliphatic heterocycles. The van der Waals surface area contributed by atoms with Crippen molar-refractivity contribution in [1.82, 2.24) is 14.3 Å². The highest BCUT2D eigenvalue weighted by Gasteiger charge is 2.15. The van der Waals surface area contributed by atoms with Gasteiger partial charge in [-0.1, -0.05) is 12.1 Å². The Balaban J connectivity index is 1.54. The number of benzene rings is 2. The van der Waals surface area contributed by atoms with Gasteiger partial charge in [-0.2, -0.15) is 0 Å². The summed E-state index contributed by atoms with van der Waals surface area (Å²) < 4.78 is 42.5. The van der Waals surface area contributed by atoms with Crippen LogP contribution >= 0.6 is 0 Å². The van der Waals surface area contributed by atoms with Crippen molar-refractivity contribution >= 4 is 26.9 Å². The molecule has 0 saturated carbocycles. The Hall–Kier alpha value is -3.56. The lowest BCUT2D eigenvalue weighted by Crippen LogP contribution is -2.26. The average Bonchev–Trinajstić information content (AvgIpc) is 3.15. The number of carboxylic acids is 1. The molecule has 2 aromatic heterocycles. The summed E-state index contributed by atoms with van der Waals surface area (Å²) in [5.41, 5.74) is 3.95. The van der Waals surface area contributed by atoms with E-state index in [0.29, 0.717) is 19.4 Å². The maximum atomic E-state index is 13.1. The fraction of sp³-hybridized carbons (Fsp3) is 0.200. The van der Waals surface area contributed by atoms with Crippen molar-refractivity contribution < 1.29 is 22.7 Å². The van der Waals surface area contributed by atoms with Crippen molar-refractivity contribution in [2.75, 3.05) is 6.54 Å². The molecular formula is C25H24FN3O4S. The number of carboxylic acid groups (broad SMARTS) is 1. The van der Waals surface area contributed by atoms with Crippen LogP contribution < -0.4 is 4.72 Å². The molecule has 9 heteroatoms. The molecule has 4 aromatic rings. The molecule has 0 spiro atoms. The molecule has 0 radical (unpaired) electrons. The number of aliphatic carboxylic acids is 1. The lowest BCUT2D eigenvalue weighted by molar-refractivity contribution is -0.137. The van der Waals surface area contributed by atoms with E-state index in [1.54, 1.807) is 12.4 Å². The first-order valence-electron chi connectivity index (χ1n) is 10.8. The molecule has 0 saturated heterocycles. The number of nitrogens with zero attached hydrogens (tertiary/aromatic N) is 2. The fourth-order valence-corrected chi connectivity index (χ4v) is 4.90. The average molecular weight is 482 g/mol. The Kier molecular flexibility index (Phi) is 7.04. The third-order valence-corrected chi connectivity index (χ3v) is 7.02. The zero-order valence-corrected chi connectivity index (χ0v) is 19.1. The summed E-state index contributed by atoms with van der Waals surface area (Å²) in [6.45, 7) is 0.540. The van der Waals surface area contributed by atoms with Gasteiger partial charge in [0.15, 0.2) is 0 Å². The zero-order valence-electron chi connectivity index (χ0n) is 18.3. The number of carbonyl (C=O) groups is 1. The standard InChI is InChI=1S/C25H24FN3O4S/c26-21-4-6-22(7-5-21)34(32,33)28-12-9-18-3-8-24-23(15-18)20(14-19-2-1-11-27-16-19)17-29(24)13-10-25(30)31/h1-8,11,15-17,28H,9-10,12-14H2,(H,30,31). The number of aromatic nitrogens is 2. The maximum Gasteiger partial charge on any atom is 0.305 e. The Bertz CT molecular complexity index is 1400. The Morgan fingerprint density at radius 3 is 2.59 bits per heavy atom. The fourth-order valence-electron chi connectivity index (χ4n) is 3.86. The Morgan fingerprint density at radius 1 is 1.09 bits per heavy atom. The predicted molar refractivity (Wildman–Crippen MR) is 127 cm³/mol. The molecule has 7 nitrogen and oxygen atoms in total. The van der Waals surface area contributed by atoms with Crippen LogP contribution in [0, 0.1) is 5.82 Å². The van der Waals surface area contributed by atoms with Gasteiger partial charge in [0.05, 0.1) is 11.3 Å². The van der Waals surface area contributed by atoms with Crippen LogP contribution in [0.2, 0.25) is 0 Å². The summed E-state index contributed by atoms with van der Waals surface area (Å²) in [7, 11) is -3.73. The van der Waals surface area contributed by atoms with Crippen molar-refractivity contribution in [3.05, 3.63) is 95.7 Å². The molecule has 0 fully saturated rings. The summed E-state index contributed by atoms with van der Waals surface area (Å²) in [4.78, 5) is 15.3. The van der Waals surface area contributed by atoms with Gasteiger partial charge in [-0.25, -0.2) is 17.5 Å². The minimum absolute atomic E-state index is 0.0126. The second-order valence-corrected chi connectivity index (χ2v) is 9.75. The highest BCUT2D eigenvalue weighted by atomic mass is 32.2. The van der Waals surface area contributed by atoms with E-state index in [1.165, 1.54) is 12.1 Å². The number of pyridine rings is 1. The van der Waals surface area contributed by atoms with Crippen molar-refractivity contribution in [3.63, 3.8) is 0 Å². The lowest BCUT2D eigenvalue weighted by Gasteiger charge is -2.08. The quantitative estimate of drug-likeness (QED) is 0.359. The minimum atomic E-state index is -3.73. The number of nitrogens with one attached hydrogen (secondary N) is 1. The van der Waals surface area contributed by atoms with E-state index in [4.69, 9.17) is 5.11 Å². The van der Waals surface area contributed by atoms with Gasteiger partial charge in [0.25, 0.3) is 0 Å². The highest BCUT2D eigenvalue weighted by molar-refractivity contribution is 7.89. The van der Waals surface area contributed by atoms with E-state index in [-0.39, 0.29) is 17.9 Å². The monoisotopic (exact) mass is 481 g/mol. The molecule has 0 amide bonds. The van der Waals surface area contributed by atoms with E-state index < -0.39 is 21.8 Å². The molecule has 2 heterocycles. The summed E-state index contributed by atoms with van der Waals surface area (Å²) >= 11 is 0. The van der Waals surface area contributed by atoms with E-state index in [9.17, 15) is 17.6 Å². The van der Waals surface area contributed by atoms with Crippen molar-refractivity contribution in [2.45, 2.75) is 30.7 Å². The molecule has 0 aliphatic rings. The van der Waals surface area contributed by atoms with Crippen molar-refractivity contribution in [3.8, 4) is 0 Å². The first-order valence-corrected chi connectivity index (χ1v) is 12.3. The first-order chi connectivity index (χ1) is 16.3. The van der Waals surface area contributed by atoms with Crippen LogP contribution in [-0.2, 0) is 34.2 Å². The molecule has 0 atom stereocenters. The molecule has 0 unspecified atom stereocenters. The number of fused-ring (bicyclic) bond motifs is 1. The van der Waals surface area contributed by atoms with Gasteiger partial charge in [0, 0.05) is 49.0 Å². The summed E-state index contributed by atoms with van der Waals surface area (Å²) in [5, 5.41) is 10.1. The summed E-state index contributed by atoms with van der Waals surface area (Å²) in [6.07, 6.45) is 6.61. The summed E-state index contributed by atoms with van der Waals surface area (Å²) in [5.74, 6) is -1.36. The molecule has 0 bridgehead atoms. The van der Waals surface area contributed by atoms with Gasteiger partial charge in [-0.15, -0.1) is 0 Å². The largest absolute Gasteiger partial charge is 0.481 e. The van der Waals surface area contributed by atoms with Crippen LogP contribution in [0.1, 0.15) is 23.1 Å². The van der Waals surface area contributed by atoms with Gasteiger partial charge in [-0.05, 0) is 65.6 Å². The third kappa shape index (κ3) is 5.67. The maximum absolute atomic E-state index is 13.1. The summed E-state index contributed by atoms with van der Waals surface area (Å²) in [6, 6.07) is 14.4. The third-order valence-electron chi connectivity index (χ3n) is 5.54. The van der Waals surface area contributed by atoms with Crippen LogP contribution in [-0.4, -0.2) is 35.6 Å². The lowest BCUT2D eigenvalue weighted by atomic mass is 10.0. The second-order valence-electron chi connectivity index (χ2n) is 7.98. The number of aryl methyl sites for hydroxylation is 1. The number of sulfonamides is 1. The Morgan fingerprint density at radius 2 is 1.88 bits per heavy atom. The topological polar surface area (TPSA) is 101 Å². The van der Waals surface area contributed by atoms with Gasteiger partial charge < -0.3 is 9.67 Å². The number of hydrogen-bond acceptors (Lipinski definition) is 4. The van der Waals surface area contributed by atoms with Gasteiger partial charge in [0.2, 0.25) is 10.0 Å².